The Bertz CT molecular complexity index is 907. The summed E-state index contributed by atoms with van der Waals surface area (Å²) in [6, 6.07) is 15.6. The van der Waals surface area contributed by atoms with E-state index in [2.05, 4.69) is 53.7 Å². The smallest absolute Gasteiger partial charge is 0.123 e. The Morgan fingerprint density at radius 3 is 2.59 bits per heavy atom. The molecule has 152 valence electrons. The van der Waals surface area contributed by atoms with Crippen LogP contribution in [0.3, 0.4) is 0 Å². The van der Waals surface area contributed by atoms with Gasteiger partial charge < -0.3 is 5.32 Å². The molecule has 1 nitrogen and oxygen atoms in total. The number of halogens is 1. The molecule has 0 radical (unpaired) electrons. The first kappa shape index (κ1) is 19.6. The topological polar surface area (TPSA) is 12.0 Å². The molecule has 4 heteroatoms. The van der Waals surface area contributed by atoms with E-state index in [9.17, 15) is 4.39 Å². The van der Waals surface area contributed by atoms with Crippen LogP contribution >= 0.6 is 23.5 Å². The molecule has 2 aromatic carbocycles. The quantitative estimate of drug-likeness (QED) is 0.505. The zero-order valence-corrected chi connectivity index (χ0v) is 18.6. The van der Waals surface area contributed by atoms with Crippen molar-refractivity contribution in [2.24, 2.45) is 11.3 Å². The van der Waals surface area contributed by atoms with Crippen molar-refractivity contribution < 1.29 is 4.39 Å². The number of rotatable bonds is 5. The Labute approximate surface area is 181 Å². The Balaban J connectivity index is 1.40. The molecule has 3 fully saturated rings. The zero-order chi connectivity index (χ0) is 19.9. The molecule has 3 unspecified atom stereocenters. The maximum Gasteiger partial charge on any atom is 0.123 e. The minimum atomic E-state index is -0.165. The number of thioether (sulfide) groups is 2. The third-order valence-electron chi connectivity index (χ3n) is 7.23. The Hall–Kier alpha value is -1.39. The molecule has 2 aromatic rings. The lowest BCUT2D eigenvalue weighted by Crippen LogP contribution is -2.58. The van der Waals surface area contributed by atoms with Gasteiger partial charge in [0.05, 0.1) is 0 Å². The van der Waals surface area contributed by atoms with E-state index < -0.39 is 0 Å². The lowest BCUT2D eigenvalue weighted by atomic mass is 9.65. The number of anilines is 1. The lowest BCUT2D eigenvalue weighted by Gasteiger charge is -2.60. The van der Waals surface area contributed by atoms with Crippen molar-refractivity contribution >= 4 is 29.2 Å². The zero-order valence-electron chi connectivity index (χ0n) is 16.9. The van der Waals surface area contributed by atoms with Crippen LogP contribution in [0.4, 0.5) is 10.1 Å². The van der Waals surface area contributed by atoms with Crippen LogP contribution in [0.1, 0.15) is 37.7 Å². The summed E-state index contributed by atoms with van der Waals surface area (Å²) in [5.74, 6) is 1.74. The van der Waals surface area contributed by atoms with Crippen molar-refractivity contribution in [3.8, 4) is 0 Å². The van der Waals surface area contributed by atoms with Gasteiger partial charge in [-0.15, -0.1) is 0 Å². The summed E-state index contributed by atoms with van der Waals surface area (Å²) in [5, 5.41) is 6.14. The maximum absolute atomic E-state index is 13.3. The SMILES string of the molecule is Cc1ccc(NCC2/C(=C/Sc3ccc(F)cc3)CC34CCCCC23SC4)cc1. The van der Waals surface area contributed by atoms with Crippen molar-refractivity contribution in [1.82, 2.24) is 0 Å². The number of nitrogens with one attached hydrogen (secondary N) is 1. The van der Waals surface area contributed by atoms with Gasteiger partial charge in [0, 0.05) is 33.5 Å². The highest BCUT2D eigenvalue weighted by Crippen LogP contribution is 2.74. The van der Waals surface area contributed by atoms with Crippen molar-refractivity contribution in [1.29, 1.82) is 0 Å². The number of benzene rings is 2. The normalized spacial score (nSPS) is 31.8. The van der Waals surface area contributed by atoms with Crippen LogP contribution in [0.25, 0.3) is 0 Å². The molecule has 29 heavy (non-hydrogen) atoms. The van der Waals surface area contributed by atoms with Crippen LogP contribution in [0.15, 0.2) is 64.4 Å². The minimum absolute atomic E-state index is 0.165. The summed E-state index contributed by atoms with van der Waals surface area (Å²) in [7, 11) is 0. The van der Waals surface area contributed by atoms with E-state index in [-0.39, 0.29) is 5.82 Å². The first-order valence-corrected chi connectivity index (χ1v) is 12.5. The van der Waals surface area contributed by atoms with Crippen LogP contribution in [-0.2, 0) is 0 Å². The van der Waals surface area contributed by atoms with Gasteiger partial charge in [-0.2, -0.15) is 11.8 Å². The second-order valence-corrected chi connectivity index (χ2v) is 11.2. The molecule has 3 aliphatic rings. The molecular formula is C25H28FNS2. The van der Waals surface area contributed by atoms with Gasteiger partial charge in [-0.05, 0) is 73.4 Å². The van der Waals surface area contributed by atoms with Gasteiger partial charge in [0.2, 0.25) is 0 Å². The van der Waals surface area contributed by atoms with Crippen LogP contribution in [0.2, 0.25) is 0 Å². The highest BCUT2D eigenvalue weighted by atomic mass is 32.2. The fraction of sp³-hybridized carbons (Fsp3) is 0.440. The lowest BCUT2D eigenvalue weighted by molar-refractivity contribution is 0.140. The molecule has 0 aromatic heterocycles. The molecule has 0 spiro atoms. The molecule has 2 saturated carbocycles. The number of hydrogen-bond acceptors (Lipinski definition) is 3. The summed E-state index contributed by atoms with van der Waals surface area (Å²) in [4.78, 5) is 1.12. The summed E-state index contributed by atoms with van der Waals surface area (Å²) in [5.41, 5.74) is 4.64. The number of aryl methyl sites for hydroxylation is 1. The largest absolute Gasteiger partial charge is 0.384 e. The minimum Gasteiger partial charge on any atom is -0.384 e. The number of hydrogen-bond donors (Lipinski definition) is 1. The summed E-state index contributed by atoms with van der Waals surface area (Å²) in [6.45, 7) is 3.14. The monoisotopic (exact) mass is 425 g/mol. The van der Waals surface area contributed by atoms with Crippen LogP contribution in [0.5, 0.6) is 0 Å². The van der Waals surface area contributed by atoms with Crippen molar-refractivity contribution in [2.75, 3.05) is 17.6 Å². The molecule has 5 rings (SSSR count). The van der Waals surface area contributed by atoms with Crippen molar-refractivity contribution in [2.45, 2.75) is 48.7 Å². The van der Waals surface area contributed by atoms with Crippen LogP contribution < -0.4 is 5.32 Å². The Morgan fingerprint density at radius 1 is 1.10 bits per heavy atom. The molecule has 1 N–H and O–H groups in total. The first-order valence-electron chi connectivity index (χ1n) is 10.7. The Morgan fingerprint density at radius 2 is 1.86 bits per heavy atom. The molecule has 2 aliphatic carbocycles. The van der Waals surface area contributed by atoms with E-state index in [0.29, 0.717) is 16.1 Å². The average molecular weight is 426 g/mol. The highest BCUT2D eigenvalue weighted by molar-refractivity contribution is 8.02. The molecule has 1 saturated heterocycles. The van der Waals surface area contributed by atoms with Gasteiger partial charge in [-0.1, -0.05) is 47.9 Å². The van der Waals surface area contributed by atoms with E-state index >= 15 is 0 Å². The third-order valence-corrected chi connectivity index (χ3v) is 10.3. The standard InChI is InChI=1S/C25H28FNS2/c1-18-4-8-21(9-5-18)27-15-23-19(16-28-22-10-6-20(26)7-11-22)14-24-12-2-3-13-25(23,24)29-17-24/h4-11,16,23,27H,2-3,12-15,17H2,1H3/b19-16+. The third kappa shape index (κ3) is 3.42. The molecule has 3 atom stereocenters. The Kier molecular flexibility index (Phi) is 5.19. The predicted octanol–water partition coefficient (Wildman–Crippen LogP) is 7.29. The summed E-state index contributed by atoms with van der Waals surface area (Å²) >= 11 is 3.99. The predicted molar refractivity (Wildman–Crippen MR) is 124 cm³/mol. The summed E-state index contributed by atoms with van der Waals surface area (Å²) < 4.78 is 13.7. The summed E-state index contributed by atoms with van der Waals surface area (Å²) in [6.07, 6.45) is 6.75. The molecule has 1 aliphatic heterocycles. The van der Waals surface area contributed by atoms with Gasteiger partial charge in [0.1, 0.15) is 5.82 Å². The van der Waals surface area contributed by atoms with E-state index in [1.165, 1.54) is 49.1 Å². The van der Waals surface area contributed by atoms with E-state index in [0.717, 1.165) is 11.4 Å². The van der Waals surface area contributed by atoms with E-state index in [1.54, 1.807) is 29.5 Å². The van der Waals surface area contributed by atoms with Crippen molar-refractivity contribution in [3.05, 3.63) is 70.9 Å². The second-order valence-electron chi connectivity index (χ2n) is 8.91. The fourth-order valence-corrected chi connectivity index (χ4v) is 8.55. The second kappa shape index (κ2) is 7.70. The molecule has 1 heterocycles. The fourth-order valence-electron chi connectivity index (χ4n) is 5.65. The van der Waals surface area contributed by atoms with Gasteiger partial charge in [0.15, 0.2) is 0 Å². The maximum atomic E-state index is 13.3. The van der Waals surface area contributed by atoms with Crippen LogP contribution in [0, 0.1) is 24.1 Å². The molecular weight excluding hydrogens is 397 g/mol. The van der Waals surface area contributed by atoms with E-state index in [1.807, 2.05) is 12.1 Å². The van der Waals surface area contributed by atoms with Gasteiger partial charge in [-0.3, -0.25) is 0 Å². The van der Waals surface area contributed by atoms with Crippen molar-refractivity contribution in [3.63, 3.8) is 0 Å². The van der Waals surface area contributed by atoms with Gasteiger partial charge in [-0.25, -0.2) is 4.39 Å². The van der Waals surface area contributed by atoms with Gasteiger partial charge >= 0.3 is 0 Å². The highest BCUT2D eigenvalue weighted by Gasteiger charge is 2.68. The molecule has 0 bridgehead atoms. The van der Waals surface area contributed by atoms with E-state index in [4.69, 9.17) is 0 Å². The van der Waals surface area contributed by atoms with Crippen LogP contribution in [-0.4, -0.2) is 17.0 Å². The van der Waals surface area contributed by atoms with Gasteiger partial charge in [0.25, 0.3) is 0 Å². The molecule has 0 amide bonds. The average Bonchev–Trinajstić information content (AvgIpc) is 2.93. The first-order chi connectivity index (χ1) is 14.1.